The Bertz CT molecular complexity index is 2670. The first kappa shape index (κ1) is 26.8. The molecule has 4 heteroatoms. The molecule has 10 rings (SSSR count). The molecule has 0 radical (unpaired) electrons. The van der Waals surface area contributed by atoms with Crippen molar-refractivity contribution in [2.45, 2.75) is 6.42 Å². The van der Waals surface area contributed by atoms with Gasteiger partial charge in [0.05, 0.1) is 0 Å². The normalized spacial score (nSPS) is 13.3. The molecule has 2 aliphatic rings. The Balaban J connectivity index is 1.19. The van der Waals surface area contributed by atoms with Crippen LogP contribution >= 0.6 is 0 Å². The van der Waals surface area contributed by atoms with E-state index in [1.54, 1.807) is 0 Å². The lowest BCUT2D eigenvalue weighted by molar-refractivity contribution is 0.669. The van der Waals surface area contributed by atoms with Crippen molar-refractivity contribution in [1.29, 1.82) is 0 Å². The SMILES string of the molecule is C1=CCC=CC(c2nc(-c3ccccc3)nc(-c3cccc4oc5ccc(-c6ccc7c8c(cccc68)-c6ccccc6-7)cc5c34)n2)=C1. The molecule has 0 spiro atoms. The van der Waals surface area contributed by atoms with Crippen molar-refractivity contribution in [2.75, 3.05) is 0 Å². The highest BCUT2D eigenvalue weighted by atomic mass is 16.3. The maximum atomic E-state index is 6.46. The minimum atomic E-state index is 0.614. The molecule has 6 aromatic carbocycles. The molecular weight excluding hydrogens is 587 g/mol. The quantitative estimate of drug-likeness (QED) is 0.198. The van der Waals surface area contributed by atoms with Crippen LogP contribution in [0.5, 0.6) is 0 Å². The zero-order valence-electron chi connectivity index (χ0n) is 25.9. The number of allylic oxidation sites excluding steroid dienone is 6. The molecule has 224 valence electrons. The predicted molar refractivity (Wildman–Crippen MR) is 196 cm³/mol. The van der Waals surface area contributed by atoms with Crippen LogP contribution in [-0.4, -0.2) is 15.0 Å². The minimum Gasteiger partial charge on any atom is -0.456 e. The molecule has 0 saturated carbocycles. The van der Waals surface area contributed by atoms with Gasteiger partial charge in [-0.15, -0.1) is 0 Å². The monoisotopic (exact) mass is 613 g/mol. The second kappa shape index (κ2) is 10.6. The Hall–Kier alpha value is -6.39. The van der Waals surface area contributed by atoms with Crippen molar-refractivity contribution in [3.63, 3.8) is 0 Å². The van der Waals surface area contributed by atoms with Gasteiger partial charge in [0.25, 0.3) is 0 Å². The van der Waals surface area contributed by atoms with Crippen molar-refractivity contribution in [1.82, 2.24) is 15.0 Å². The number of hydrogen-bond donors (Lipinski definition) is 0. The molecule has 0 atom stereocenters. The van der Waals surface area contributed by atoms with Crippen molar-refractivity contribution in [3.8, 4) is 56.2 Å². The number of furan rings is 1. The van der Waals surface area contributed by atoms with Gasteiger partial charge in [0.1, 0.15) is 11.2 Å². The Kier molecular flexibility index (Phi) is 5.90. The summed E-state index contributed by atoms with van der Waals surface area (Å²) in [7, 11) is 0. The molecule has 0 unspecified atom stereocenters. The number of benzene rings is 6. The van der Waals surface area contributed by atoms with E-state index in [9.17, 15) is 0 Å². The fraction of sp³-hybridized carbons (Fsp3) is 0.0227. The maximum Gasteiger partial charge on any atom is 0.164 e. The Labute approximate surface area is 277 Å². The zero-order chi connectivity index (χ0) is 31.6. The molecule has 0 bridgehead atoms. The topological polar surface area (TPSA) is 51.8 Å². The largest absolute Gasteiger partial charge is 0.456 e. The summed E-state index contributed by atoms with van der Waals surface area (Å²) in [6, 6.07) is 42.7. The lowest BCUT2D eigenvalue weighted by atomic mass is 9.93. The second-order valence-electron chi connectivity index (χ2n) is 12.3. The van der Waals surface area contributed by atoms with Crippen LogP contribution in [0.3, 0.4) is 0 Å². The van der Waals surface area contributed by atoms with Gasteiger partial charge in [-0.2, -0.15) is 0 Å². The van der Waals surface area contributed by atoms with Crippen molar-refractivity contribution < 1.29 is 4.42 Å². The summed E-state index contributed by atoms with van der Waals surface area (Å²) in [5.74, 6) is 1.89. The Morgan fingerprint density at radius 3 is 2.08 bits per heavy atom. The van der Waals surface area contributed by atoms with Crippen LogP contribution in [0.4, 0.5) is 0 Å². The van der Waals surface area contributed by atoms with Crippen molar-refractivity contribution in [3.05, 3.63) is 158 Å². The van der Waals surface area contributed by atoms with Gasteiger partial charge in [0.2, 0.25) is 0 Å². The van der Waals surface area contributed by atoms with Crippen LogP contribution in [0, 0.1) is 0 Å². The molecular formula is C44H27N3O. The summed E-state index contributed by atoms with van der Waals surface area (Å²) in [6.07, 6.45) is 11.3. The van der Waals surface area contributed by atoms with Gasteiger partial charge in [-0.3, -0.25) is 0 Å². The number of aromatic nitrogens is 3. The van der Waals surface area contributed by atoms with Gasteiger partial charge in [-0.05, 0) is 68.8 Å². The van der Waals surface area contributed by atoms with E-state index >= 15 is 0 Å². The first-order valence-corrected chi connectivity index (χ1v) is 16.3. The van der Waals surface area contributed by atoms with Crippen LogP contribution in [0.2, 0.25) is 0 Å². The summed E-state index contributed by atoms with van der Waals surface area (Å²) in [6.45, 7) is 0. The molecule has 2 aromatic heterocycles. The number of nitrogens with zero attached hydrogens (tertiary/aromatic N) is 3. The molecule has 4 nitrogen and oxygen atoms in total. The fourth-order valence-corrected chi connectivity index (χ4v) is 7.31. The lowest BCUT2D eigenvalue weighted by Crippen LogP contribution is -2.02. The fourth-order valence-electron chi connectivity index (χ4n) is 7.31. The average Bonchev–Trinajstić information content (AvgIpc) is 3.54. The van der Waals surface area contributed by atoms with Gasteiger partial charge >= 0.3 is 0 Å². The van der Waals surface area contributed by atoms with E-state index in [0.717, 1.165) is 50.6 Å². The first-order valence-electron chi connectivity index (χ1n) is 16.3. The predicted octanol–water partition coefficient (Wildman–Crippen LogP) is 11.5. The summed E-state index contributed by atoms with van der Waals surface area (Å²) in [5.41, 5.74) is 12.0. The molecule has 0 saturated heterocycles. The van der Waals surface area contributed by atoms with E-state index in [1.807, 2.05) is 42.5 Å². The lowest BCUT2D eigenvalue weighted by Gasteiger charge is -2.11. The molecule has 0 N–H and O–H groups in total. The highest BCUT2D eigenvalue weighted by Gasteiger charge is 2.23. The van der Waals surface area contributed by atoms with Crippen molar-refractivity contribution >= 4 is 38.3 Å². The number of fused-ring (bicyclic) bond motifs is 6. The third-order valence-electron chi connectivity index (χ3n) is 9.50. The second-order valence-corrected chi connectivity index (χ2v) is 12.3. The highest BCUT2D eigenvalue weighted by Crippen LogP contribution is 2.49. The van der Waals surface area contributed by atoms with Gasteiger partial charge < -0.3 is 4.42 Å². The van der Waals surface area contributed by atoms with Crippen LogP contribution in [0.1, 0.15) is 12.2 Å². The summed E-state index contributed by atoms with van der Waals surface area (Å²) in [5, 5.41) is 4.59. The third kappa shape index (κ3) is 4.13. The Morgan fingerprint density at radius 2 is 1.19 bits per heavy atom. The van der Waals surface area contributed by atoms with E-state index in [2.05, 4.69) is 109 Å². The standard InChI is InChI=1S/C44H27N3O/c1-2-5-13-27(12-4-1)42-45-43(28-14-6-3-7-15-28)47-44(46-42)36-20-11-21-39-41(36)37-26-29(22-25-38(37)48-39)30-23-24-35-32-17-9-8-16-31(32)34-19-10-18-33(30)40(34)35/h1,3-26H,2H2. The van der Waals surface area contributed by atoms with E-state index in [-0.39, 0.29) is 0 Å². The van der Waals surface area contributed by atoms with E-state index in [0.29, 0.717) is 17.5 Å². The van der Waals surface area contributed by atoms with Crippen LogP contribution < -0.4 is 0 Å². The van der Waals surface area contributed by atoms with Gasteiger partial charge in [0, 0.05) is 27.5 Å². The van der Waals surface area contributed by atoms with Crippen LogP contribution in [-0.2, 0) is 0 Å². The van der Waals surface area contributed by atoms with Crippen molar-refractivity contribution in [2.24, 2.45) is 0 Å². The maximum absolute atomic E-state index is 6.46. The summed E-state index contributed by atoms with van der Waals surface area (Å²) < 4.78 is 6.46. The summed E-state index contributed by atoms with van der Waals surface area (Å²) in [4.78, 5) is 15.1. The first-order chi connectivity index (χ1) is 23.8. The Morgan fingerprint density at radius 1 is 0.458 bits per heavy atom. The molecule has 2 heterocycles. The average molecular weight is 614 g/mol. The van der Waals surface area contributed by atoms with Crippen LogP contribution in [0.15, 0.2) is 156 Å². The smallest absolute Gasteiger partial charge is 0.164 e. The molecule has 48 heavy (non-hydrogen) atoms. The molecule has 0 amide bonds. The molecule has 0 aliphatic heterocycles. The highest BCUT2D eigenvalue weighted by molar-refractivity contribution is 6.19. The third-order valence-corrected chi connectivity index (χ3v) is 9.50. The molecule has 2 aliphatic carbocycles. The van der Waals surface area contributed by atoms with Gasteiger partial charge in [-0.25, -0.2) is 15.0 Å². The minimum absolute atomic E-state index is 0.614. The number of hydrogen-bond acceptors (Lipinski definition) is 4. The van der Waals surface area contributed by atoms with E-state index in [1.165, 1.54) is 38.6 Å². The number of rotatable bonds is 4. The summed E-state index contributed by atoms with van der Waals surface area (Å²) >= 11 is 0. The van der Waals surface area contributed by atoms with Gasteiger partial charge in [-0.1, -0.05) is 134 Å². The molecule has 8 aromatic rings. The van der Waals surface area contributed by atoms with E-state index < -0.39 is 0 Å². The van der Waals surface area contributed by atoms with Crippen LogP contribution in [0.25, 0.3) is 94.4 Å². The molecule has 0 fully saturated rings. The zero-order valence-corrected chi connectivity index (χ0v) is 25.9. The van der Waals surface area contributed by atoms with E-state index in [4.69, 9.17) is 19.4 Å². The van der Waals surface area contributed by atoms with Gasteiger partial charge in [0.15, 0.2) is 17.5 Å².